The van der Waals surface area contributed by atoms with E-state index in [2.05, 4.69) is 19.2 Å². The fourth-order valence-electron chi connectivity index (χ4n) is 3.26. The van der Waals surface area contributed by atoms with Crippen LogP contribution in [0.4, 0.5) is 0 Å². The molecule has 0 aromatic rings. The average Bonchev–Trinajstić information content (AvgIpc) is 2.30. The predicted molar refractivity (Wildman–Crippen MR) is 80.4 cm³/mol. The molecule has 114 valence electrons. The molecular formula is C16H36N2O+2. The van der Waals surface area contributed by atoms with E-state index in [4.69, 9.17) is 0 Å². The maximum absolute atomic E-state index is 9.72. The molecule has 1 atom stereocenters. The topological polar surface area (TPSA) is 41.3 Å². The maximum atomic E-state index is 9.72. The fraction of sp³-hybridized carbons (Fsp3) is 1.00. The Morgan fingerprint density at radius 1 is 1.32 bits per heavy atom. The van der Waals surface area contributed by atoms with E-state index in [1.165, 1.54) is 45.3 Å². The van der Waals surface area contributed by atoms with Crippen molar-refractivity contribution in [1.29, 1.82) is 0 Å². The summed E-state index contributed by atoms with van der Waals surface area (Å²) in [6.45, 7) is 12.5. The van der Waals surface area contributed by atoms with E-state index in [-0.39, 0.29) is 0 Å². The number of quaternary nitrogens is 2. The van der Waals surface area contributed by atoms with E-state index in [1.807, 2.05) is 18.7 Å². The lowest BCUT2D eigenvalue weighted by molar-refractivity contribution is -0.914. The number of piperidine rings is 1. The Morgan fingerprint density at radius 2 is 1.95 bits per heavy atom. The van der Waals surface area contributed by atoms with Crippen molar-refractivity contribution in [3.8, 4) is 0 Å². The van der Waals surface area contributed by atoms with Gasteiger partial charge in [-0.1, -0.05) is 6.92 Å². The molecule has 0 radical (unpaired) electrons. The van der Waals surface area contributed by atoms with Crippen LogP contribution in [0.1, 0.15) is 66.2 Å². The highest BCUT2D eigenvalue weighted by atomic mass is 16.3. The minimum absolute atomic E-state index is 0.491. The summed E-state index contributed by atoms with van der Waals surface area (Å²) in [5.41, 5.74) is -0.491. The van der Waals surface area contributed by atoms with Gasteiger partial charge in [0, 0.05) is 12.8 Å². The zero-order valence-electron chi connectivity index (χ0n) is 13.5. The maximum Gasteiger partial charge on any atom is 0.0969 e. The van der Waals surface area contributed by atoms with Crippen LogP contribution >= 0.6 is 0 Å². The van der Waals surface area contributed by atoms with Gasteiger partial charge in [0.2, 0.25) is 0 Å². The molecule has 0 bridgehead atoms. The first-order valence-electron chi connectivity index (χ1n) is 8.31. The summed E-state index contributed by atoms with van der Waals surface area (Å²) in [7, 11) is 0. The van der Waals surface area contributed by atoms with Crippen LogP contribution < -0.4 is 10.2 Å². The van der Waals surface area contributed by atoms with Gasteiger partial charge in [0.25, 0.3) is 0 Å². The monoisotopic (exact) mass is 272 g/mol. The van der Waals surface area contributed by atoms with Crippen LogP contribution in [0.25, 0.3) is 0 Å². The summed E-state index contributed by atoms with van der Waals surface area (Å²) in [6.07, 6.45) is 7.37. The van der Waals surface area contributed by atoms with Crippen LogP contribution in [0, 0.1) is 0 Å². The zero-order chi connectivity index (χ0) is 14.3. The lowest BCUT2D eigenvalue weighted by Gasteiger charge is -2.29. The molecule has 0 unspecified atom stereocenters. The smallest absolute Gasteiger partial charge is 0.0969 e. The Hall–Kier alpha value is -0.120. The molecule has 0 aromatic heterocycles. The number of likely N-dealkylation sites (tertiary alicyclic amines) is 1. The van der Waals surface area contributed by atoms with Gasteiger partial charge in [-0.05, 0) is 46.5 Å². The van der Waals surface area contributed by atoms with Crippen LogP contribution in [0.5, 0.6) is 0 Å². The molecule has 0 saturated carbocycles. The SMILES string of the molecule is CCC[NH+]1CCC([NH2+][C@@H](C)CCCC(C)(C)O)CC1. The molecule has 0 aliphatic carbocycles. The van der Waals surface area contributed by atoms with Crippen molar-refractivity contribution in [3.63, 3.8) is 0 Å². The van der Waals surface area contributed by atoms with Gasteiger partial charge >= 0.3 is 0 Å². The largest absolute Gasteiger partial charge is 0.390 e. The average molecular weight is 272 g/mol. The molecule has 0 aromatic carbocycles. The normalized spacial score (nSPS) is 26.4. The molecule has 3 heteroatoms. The molecule has 3 nitrogen and oxygen atoms in total. The summed E-state index contributed by atoms with van der Waals surface area (Å²) < 4.78 is 0. The minimum atomic E-state index is -0.491. The van der Waals surface area contributed by atoms with Crippen LogP contribution in [-0.4, -0.2) is 42.4 Å². The summed E-state index contributed by atoms with van der Waals surface area (Å²) in [6, 6.07) is 1.55. The lowest BCUT2D eigenvalue weighted by atomic mass is 9.98. The van der Waals surface area contributed by atoms with E-state index in [0.717, 1.165) is 18.9 Å². The molecular weight excluding hydrogens is 236 g/mol. The second kappa shape index (κ2) is 8.23. The van der Waals surface area contributed by atoms with Crippen molar-refractivity contribution < 1.29 is 15.3 Å². The standard InChI is InChI=1S/C16H34N2O/c1-5-11-18-12-8-15(9-13-18)17-14(2)7-6-10-16(3,4)19/h14-15,17,19H,5-13H2,1-4H3/p+2/t14-/m0/s1. The lowest BCUT2D eigenvalue weighted by Crippen LogP contribution is -3.15. The first-order chi connectivity index (χ1) is 8.90. The Bertz CT molecular complexity index is 229. The van der Waals surface area contributed by atoms with Crippen LogP contribution in [0.15, 0.2) is 0 Å². The summed E-state index contributed by atoms with van der Waals surface area (Å²) >= 11 is 0. The highest BCUT2D eigenvalue weighted by Crippen LogP contribution is 2.12. The van der Waals surface area contributed by atoms with Gasteiger partial charge < -0.3 is 15.3 Å². The molecule has 19 heavy (non-hydrogen) atoms. The van der Waals surface area contributed by atoms with Gasteiger partial charge in [-0.2, -0.15) is 0 Å². The summed E-state index contributed by atoms with van der Waals surface area (Å²) in [5.74, 6) is 0. The van der Waals surface area contributed by atoms with Gasteiger partial charge in [0.15, 0.2) is 0 Å². The quantitative estimate of drug-likeness (QED) is 0.586. The molecule has 4 N–H and O–H groups in total. The van der Waals surface area contributed by atoms with Crippen molar-refractivity contribution in [1.82, 2.24) is 0 Å². The third-order valence-electron chi connectivity index (χ3n) is 4.39. The number of nitrogens with two attached hydrogens (primary N) is 1. The molecule has 1 heterocycles. The van der Waals surface area contributed by atoms with E-state index >= 15 is 0 Å². The Labute approximate surface area is 119 Å². The van der Waals surface area contributed by atoms with E-state index < -0.39 is 5.60 Å². The second-order valence-corrected chi connectivity index (χ2v) is 7.21. The Morgan fingerprint density at radius 3 is 2.47 bits per heavy atom. The van der Waals surface area contributed by atoms with E-state index in [9.17, 15) is 5.11 Å². The molecule has 0 spiro atoms. The van der Waals surface area contributed by atoms with Gasteiger partial charge in [-0.25, -0.2) is 0 Å². The van der Waals surface area contributed by atoms with Crippen molar-refractivity contribution in [3.05, 3.63) is 0 Å². The van der Waals surface area contributed by atoms with Gasteiger partial charge in [-0.15, -0.1) is 0 Å². The van der Waals surface area contributed by atoms with Gasteiger partial charge in [-0.3, -0.25) is 0 Å². The second-order valence-electron chi connectivity index (χ2n) is 7.21. The molecule has 1 fully saturated rings. The van der Waals surface area contributed by atoms with Crippen LogP contribution in [-0.2, 0) is 0 Å². The highest BCUT2D eigenvalue weighted by Gasteiger charge is 2.25. The molecule has 0 amide bonds. The molecule has 1 aliphatic heterocycles. The molecule has 1 saturated heterocycles. The zero-order valence-corrected chi connectivity index (χ0v) is 13.5. The first-order valence-corrected chi connectivity index (χ1v) is 8.31. The number of hydrogen-bond donors (Lipinski definition) is 3. The number of nitrogens with one attached hydrogen (secondary N) is 1. The van der Waals surface area contributed by atoms with Crippen molar-refractivity contribution in [2.24, 2.45) is 0 Å². The molecule has 1 rings (SSSR count). The fourth-order valence-corrected chi connectivity index (χ4v) is 3.26. The predicted octanol–water partition coefficient (Wildman–Crippen LogP) is 0.337. The first kappa shape index (κ1) is 16.9. The Kier molecular flexibility index (Phi) is 7.33. The molecule has 1 aliphatic rings. The van der Waals surface area contributed by atoms with Gasteiger partial charge in [0.1, 0.15) is 0 Å². The van der Waals surface area contributed by atoms with Crippen molar-refractivity contribution >= 4 is 0 Å². The van der Waals surface area contributed by atoms with Crippen molar-refractivity contribution in [2.75, 3.05) is 19.6 Å². The van der Waals surface area contributed by atoms with Crippen molar-refractivity contribution in [2.45, 2.75) is 83.9 Å². The summed E-state index contributed by atoms with van der Waals surface area (Å²) in [5, 5.41) is 12.3. The number of aliphatic hydroxyl groups is 1. The Balaban J connectivity index is 2.11. The van der Waals surface area contributed by atoms with Crippen LogP contribution in [0.3, 0.4) is 0 Å². The highest BCUT2D eigenvalue weighted by molar-refractivity contribution is 4.66. The third kappa shape index (κ3) is 7.91. The van der Waals surface area contributed by atoms with Crippen LogP contribution in [0.2, 0.25) is 0 Å². The van der Waals surface area contributed by atoms with E-state index in [1.54, 1.807) is 0 Å². The third-order valence-corrected chi connectivity index (χ3v) is 4.39. The van der Waals surface area contributed by atoms with E-state index in [0.29, 0.717) is 6.04 Å². The summed E-state index contributed by atoms with van der Waals surface area (Å²) in [4.78, 5) is 1.81. The minimum Gasteiger partial charge on any atom is -0.390 e. The number of rotatable bonds is 8. The number of hydrogen-bond acceptors (Lipinski definition) is 1. The van der Waals surface area contributed by atoms with Gasteiger partial charge in [0.05, 0.1) is 37.3 Å².